The maximum atomic E-state index is 12.6. The van der Waals surface area contributed by atoms with Crippen molar-refractivity contribution in [3.05, 3.63) is 60.2 Å². The number of nitrogens with zero attached hydrogens (tertiary/aromatic N) is 4. The molecule has 0 radical (unpaired) electrons. The fraction of sp³-hybridized carbons (Fsp3) is 0.278. The molecule has 2 aromatic rings. The van der Waals surface area contributed by atoms with Crippen LogP contribution in [0.3, 0.4) is 0 Å². The Hall–Kier alpha value is -2.87. The van der Waals surface area contributed by atoms with Crippen molar-refractivity contribution in [1.82, 2.24) is 14.5 Å². The van der Waals surface area contributed by atoms with E-state index in [0.717, 1.165) is 37.2 Å². The highest BCUT2D eigenvalue weighted by molar-refractivity contribution is 5.95. The SMILES string of the molecule is N#Cc1ccc(C(=CC(=O)N2CCCCC2)n2ccnc2)cc1. The van der Waals surface area contributed by atoms with Gasteiger partial charge in [-0.3, -0.25) is 4.79 Å². The van der Waals surface area contributed by atoms with Gasteiger partial charge >= 0.3 is 0 Å². The molecule has 1 aromatic carbocycles. The Morgan fingerprint density at radius 2 is 1.91 bits per heavy atom. The number of piperidine rings is 1. The highest BCUT2D eigenvalue weighted by Gasteiger charge is 2.16. The van der Waals surface area contributed by atoms with E-state index in [1.165, 1.54) is 6.42 Å². The first-order chi connectivity index (χ1) is 11.3. The van der Waals surface area contributed by atoms with Gasteiger partial charge in [-0.1, -0.05) is 12.1 Å². The van der Waals surface area contributed by atoms with E-state index in [-0.39, 0.29) is 5.91 Å². The van der Waals surface area contributed by atoms with E-state index in [2.05, 4.69) is 11.1 Å². The van der Waals surface area contributed by atoms with Crippen molar-refractivity contribution < 1.29 is 4.79 Å². The third kappa shape index (κ3) is 3.49. The smallest absolute Gasteiger partial charge is 0.248 e. The molecule has 0 spiro atoms. The van der Waals surface area contributed by atoms with Crippen LogP contribution in [0.4, 0.5) is 0 Å². The molecule has 1 aliphatic rings. The van der Waals surface area contributed by atoms with Crippen LogP contribution in [0.15, 0.2) is 49.1 Å². The fourth-order valence-corrected chi connectivity index (χ4v) is 2.75. The lowest BCUT2D eigenvalue weighted by molar-refractivity contribution is -0.126. The second-order valence-electron chi connectivity index (χ2n) is 5.57. The molecule has 0 atom stereocenters. The van der Waals surface area contributed by atoms with Gasteiger partial charge in [0.1, 0.15) is 0 Å². The lowest BCUT2D eigenvalue weighted by Gasteiger charge is -2.26. The van der Waals surface area contributed by atoms with Crippen molar-refractivity contribution in [3.8, 4) is 6.07 Å². The van der Waals surface area contributed by atoms with Crippen molar-refractivity contribution in [2.45, 2.75) is 19.3 Å². The molecular weight excluding hydrogens is 288 g/mol. The zero-order valence-electron chi connectivity index (χ0n) is 12.9. The molecule has 0 N–H and O–H groups in total. The second-order valence-corrected chi connectivity index (χ2v) is 5.57. The van der Waals surface area contributed by atoms with Gasteiger partial charge in [0.05, 0.1) is 23.7 Å². The molecule has 1 fully saturated rings. The number of likely N-dealkylation sites (tertiary alicyclic amines) is 1. The summed E-state index contributed by atoms with van der Waals surface area (Å²) in [7, 11) is 0. The maximum absolute atomic E-state index is 12.6. The summed E-state index contributed by atoms with van der Waals surface area (Å²) < 4.78 is 1.82. The topological polar surface area (TPSA) is 61.9 Å². The molecule has 0 bridgehead atoms. The van der Waals surface area contributed by atoms with Gasteiger partial charge in [0.2, 0.25) is 5.91 Å². The van der Waals surface area contributed by atoms with Crippen molar-refractivity contribution in [2.24, 2.45) is 0 Å². The first-order valence-corrected chi connectivity index (χ1v) is 7.77. The van der Waals surface area contributed by atoms with Gasteiger partial charge < -0.3 is 9.47 Å². The molecule has 1 aliphatic heterocycles. The van der Waals surface area contributed by atoms with E-state index in [1.54, 1.807) is 30.7 Å². The Morgan fingerprint density at radius 3 is 2.52 bits per heavy atom. The third-order valence-corrected chi connectivity index (χ3v) is 4.02. The van der Waals surface area contributed by atoms with E-state index >= 15 is 0 Å². The van der Waals surface area contributed by atoms with Gasteiger partial charge in [0.15, 0.2) is 0 Å². The van der Waals surface area contributed by atoms with E-state index in [4.69, 9.17) is 5.26 Å². The van der Waals surface area contributed by atoms with Gasteiger partial charge in [0.25, 0.3) is 0 Å². The molecule has 1 aromatic heterocycles. The molecule has 1 amide bonds. The Balaban J connectivity index is 1.93. The number of hydrogen-bond acceptors (Lipinski definition) is 3. The predicted molar refractivity (Wildman–Crippen MR) is 87.2 cm³/mol. The molecule has 5 heteroatoms. The van der Waals surface area contributed by atoms with Crippen molar-refractivity contribution >= 4 is 11.6 Å². The number of nitriles is 1. The molecule has 23 heavy (non-hydrogen) atoms. The van der Waals surface area contributed by atoms with E-state index in [1.807, 2.05) is 27.8 Å². The molecule has 1 saturated heterocycles. The lowest BCUT2D eigenvalue weighted by atomic mass is 10.1. The largest absolute Gasteiger partial charge is 0.339 e. The van der Waals surface area contributed by atoms with Crippen LogP contribution in [0.2, 0.25) is 0 Å². The number of rotatable bonds is 3. The van der Waals surface area contributed by atoms with Crippen LogP contribution in [0.1, 0.15) is 30.4 Å². The molecule has 3 rings (SSSR count). The van der Waals surface area contributed by atoms with E-state index in [9.17, 15) is 4.79 Å². The summed E-state index contributed by atoms with van der Waals surface area (Å²) in [6.07, 6.45) is 10.2. The minimum Gasteiger partial charge on any atom is -0.339 e. The Morgan fingerprint density at radius 1 is 1.17 bits per heavy atom. The van der Waals surface area contributed by atoms with Gasteiger partial charge in [-0.25, -0.2) is 4.98 Å². The summed E-state index contributed by atoms with van der Waals surface area (Å²) in [6.45, 7) is 1.64. The molecule has 5 nitrogen and oxygen atoms in total. The number of carbonyl (C=O) groups is 1. The van der Waals surface area contributed by atoms with Crippen LogP contribution in [0.25, 0.3) is 5.70 Å². The minimum absolute atomic E-state index is 0.0257. The summed E-state index contributed by atoms with van der Waals surface area (Å²) in [6, 6.07) is 9.33. The number of imidazole rings is 1. The minimum atomic E-state index is 0.0257. The number of hydrogen-bond donors (Lipinski definition) is 0. The Kier molecular flexibility index (Phi) is 4.53. The van der Waals surface area contributed by atoms with Crippen LogP contribution >= 0.6 is 0 Å². The van der Waals surface area contributed by atoms with Crippen LogP contribution in [0.5, 0.6) is 0 Å². The normalized spacial score (nSPS) is 15.3. The molecular formula is C18H18N4O. The summed E-state index contributed by atoms with van der Waals surface area (Å²) in [5.41, 5.74) is 2.25. The van der Waals surface area contributed by atoms with Crippen LogP contribution < -0.4 is 0 Å². The lowest BCUT2D eigenvalue weighted by Crippen LogP contribution is -2.34. The molecule has 0 aliphatic carbocycles. The van der Waals surface area contributed by atoms with Crippen LogP contribution in [-0.2, 0) is 4.79 Å². The zero-order valence-corrected chi connectivity index (χ0v) is 12.9. The summed E-state index contributed by atoms with van der Waals surface area (Å²) in [5.74, 6) is 0.0257. The van der Waals surface area contributed by atoms with Crippen molar-refractivity contribution in [1.29, 1.82) is 5.26 Å². The monoisotopic (exact) mass is 306 g/mol. The summed E-state index contributed by atoms with van der Waals surface area (Å²) in [4.78, 5) is 18.5. The number of aromatic nitrogens is 2. The summed E-state index contributed by atoms with van der Waals surface area (Å²) >= 11 is 0. The highest BCUT2D eigenvalue weighted by atomic mass is 16.2. The Bertz CT molecular complexity index is 732. The maximum Gasteiger partial charge on any atom is 0.248 e. The fourth-order valence-electron chi connectivity index (χ4n) is 2.75. The molecule has 116 valence electrons. The predicted octanol–water partition coefficient (Wildman–Crippen LogP) is 2.66. The second kappa shape index (κ2) is 6.93. The molecule has 0 unspecified atom stereocenters. The van der Waals surface area contributed by atoms with Crippen molar-refractivity contribution in [3.63, 3.8) is 0 Å². The van der Waals surface area contributed by atoms with Gasteiger partial charge in [-0.05, 0) is 37.0 Å². The summed E-state index contributed by atoms with van der Waals surface area (Å²) in [5, 5.41) is 8.93. The van der Waals surface area contributed by atoms with Gasteiger partial charge in [-0.2, -0.15) is 5.26 Å². The zero-order chi connectivity index (χ0) is 16.1. The first kappa shape index (κ1) is 15.0. The van der Waals surface area contributed by atoms with Crippen LogP contribution in [0, 0.1) is 11.3 Å². The Labute approximate surface area is 135 Å². The average Bonchev–Trinajstić information content (AvgIpc) is 3.15. The molecule has 0 saturated carbocycles. The highest BCUT2D eigenvalue weighted by Crippen LogP contribution is 2.19. The van der Waals surface area contributed by atoms with Gasteiger partial charge in [0, 0.05) is 31.6 Å². The van der Waals surface area contributed by atoms with E-state index in [0.29, 0.717) is 5.56 Å². The van der Waals surface area contributed by atoms with E-state index < -0.39 is 0 Å². The first-order valence-electron chi connectivity index (χ1n) is 7.77. The third-order valence-electron chi connectivity index (χ3n) is 4.02. The van der Waals surface area contributed by atoms with Crippen LogP contribution in [-0.4, -0.2) is 33.4 Å². The average molecular weight is 306 g/mol. The standard InChI is InChI=1S/C18H18N4O/c19-13-15-4-6-16(7-5-15)17(22-11-8-20-14-22)12-18(23)21-9-2-1-3-10-21/h4-8,11-12,14H,1-3,9-10H2. The number of benzene rings is 1. The van der Waals surface area contributed by atoms with Crippen molar-refractivity contribution in [2.75, 3.05) is 13.1 Å². The number of carbonyl (C=O) groups excluding carboxylic acids is 1. The number of amides is 1. The molecule has 2 heterocycles. The van der Waals surface area contributed by atoms with Gasteiger partial charge in [-0.15, -0.1) is 0 Å². The quantitative estimate of drug-likeness (QED) is 0.819.